The van der Waals surface area contributed by atoms with Gasteiger partial charge in [0.2, 0.25) is 0 Å². The van der Waals surface area contributed by atoms with Gasteiger partial charge in [-0.25, -0.2) is 0 Å². The van der Waals surface area contributed by atoms with Gasteiger partial charge in [-0.1, -0.05) is 19.3 Å². The predicted molar refractivity (Wildman–Crippen MR) is 79.2 cm³/mol. The lowest BCUT2D eigenvalue weighted by atomic mass is 10.2. The molecule has 0 aliphatic heterocycles. The van der Waals surface area contributed by atoms with Crippen molar-refractivity contribution in [1.82, 2.24) is 5.32 Å². The molecule has 0 unspecified atom stereocenters. The van der Waals surface area contributed by atoms with Gasteiger partial charge in [0.15, 0.2) is 11.5 Å². The van der Waals surface area contributed by atoms with Crippen LogP contribution >= 0.6 is 0 Å². The van der Waals surface area contributed by atoms with Crippen LogP contribution in [0.5, 0.6) is 11.5 Å². The van der Waals surface area contributed by atoms with Gasteiger partial charge in [0.05, 0.1) is 19.8 Å². The summed E-state index contributed by atoms with van der Waals surface area (Å²) in [7, 11) is 0. The maximum atomic E-state index is 11.8. The zero-order valence-electron chi connectivity index (χ0n) is 12.1. The first kappa shape index (κ1) is 15.9. The second-order valence-electron chi connectivity index (χ2n) is 4.18. The molecule has 0 saturated heterocycles. The normalized spacial score (nSPS) is 9.65. The maximum Gasteiger partial charge on any atom is 0.252 e. The molecule has 1 aromatic carbocycles. The fourth-order valence-corrected chi connectivity index (χ4v) is 1.60. The molecule has 4 nitrogen and oxygen atoms in total. The number of benzene rings is 1. The highest BCUT2D eigenvalue weighted by atomic mass is 16.5. The van der Waals surface area contributed by atoms with Gasteiger partial charge < -0.3 is 14.8 Å². The van der Waals surface area contributed by atoms with E-state index in [-0.39, 0.29) is 12.5 Å². The fourth-order valence-electron chi connectivity index (χ4n) is 1.60. The van der Waals surface area contributed by atoms with Crippen molar-refractivity contribution in [1.29, 1.82) is 0 Å². The quantitative estimate of drug-likeness (QED) is 0.586. The van der Waals surface area contributed by atoms with Crippen LogP contribution in [-0.2, 0) is 0 Å². The Labute approximate surface area is 120 Å². The average molecular weight is 275 g/mol. The Morgan fingerprint density at radius 3 is 2.75 bits per heavy atom. The summed E-state index contributed by atoms with van der Waals surface area (Å²) in [5.41, 5.74) is 0.506. The van der Waals surface area contributed by atoms with Gasteiger partial charge in [-0.05, 0) is 31.5 Å². The SMILES string of the molecule is C#CCNC(=O)c1ccc(OCCCC)c(OCC)c1. The Morgan fingerprint density at radius 2 is 2.10 bits per heavy atom. The largest absolute Gasteiger partial charge is 0.490 e. The summed E-state index contributed by atoms with van der Waals surface area (Å²) in [5.74, 6) is 3.39. The van der Waals surface area contributed by atoms with E-state index in [1.165, 1.54) is 0 Å². The smallest absolute Gasteiger partial charge is 0.252 e. The second kappa shape index (κ2) is 8.87. The van der Waals surface area contributed by atoms with E-state index < -0.39 is 0 Å². The second-order valence-corrected chi connectivity index (χ2v) is 4.18. The number of amides is 1. The number of hydrogen-bond acceptors (Lipinski definition) is 3. The molecule has 0 bridgehead atoms. The van der Waals surface area contributed by atoms with Crippen LogP contribution in [0.1, 0.15) is 37.0 Å². The Balaban J connectivity index is 2.83. The van der Waals surface area contributed by atoms with Crippen molar-refractivity contribution < 1.29 is 14.3 Å². The third-order valence-corrected chi connectivity index (χ3v) is 2.61. The Hall–Kier alpha value is -2.15. The minimum absolute atomic E-state index is 0.206. The van der Waals surface area contributed by atoms with Crippen LogP contribution in [-0.4, -0.2) is 25.7 Å². The van der Waals surface area contributed by atoms with Gasteiger partial charge in [-0.15, -0.1) is 6.42 Å². The van der Waals surface area contributed by atoms with Gasteiger partial charge in [0.1, 0.15) is 0 Å². The molecule has 0 aliphatic rings. The molecule has 0 aliphatic carbocycles. The number of nitrogens with one attached hydrogen (secondary N) is 1. The summed E-state index contributed by atoms with van der Waals surface area (Å²) in [6.07, 6.45) is 7.16. The molecule has 0 aromatic heterocycles. The topological polar surface area (TPSA) is 47.6 Å². The highest BCUT2D eigenvalue weighted by Gasteiger charge is 2.11. The lowest BCUT2D eigenvalue weighted by molar-refractivity contribution is 0.0958. The fraction of sp³-hybridized carbons (Fsp3) is 0.438. The number of hydrogen-bond donors (Lipinski definition) is 1. The highest BCUT2D eigenvalue weighted by Crippen LogP contribution is 2.28. The minimum Gasteiger partial charge on any atom is -0.490 e. The number of terminal acetylenes is 1. The number of ether oxygens (including phenoxy) is 2. The first-order chi connectivity index (χ1) is 9.72. The monoisotopic (exact) mass is 275 g/mol. The van der Waals surface area contributed by atoms with Crippen molar-refractivity contribution in [2.45, 2.75) is 26.7 Å². The summed E-state index contributed by atoms with van der Waals surface area (Å²) >= 11 is 0. The summed E-state index contributed by atoms with van der Waals surface area (Å²) in [6.45, 7) is 5.35. The first-order valence-electron chi connectivity index (χ1n) is 6.84. The number of carbonyl (C=O) groups is 1. The first-order valence-corrected chi connectivity index (χ1v) is 6.84. The van der Waals surface area contributed by atoms with E-state index in [2.05, 4.69) is 18.2 Å². The maximum absolute atomic E-state index is 11.8. The molecule has 108 valence electrons. The van der Waals surface area contributed by atoms with E-state index in [0.717, 1.165) is 12.8 Å². The summed E-state index contributed by atoms with van der Waals surface area (Å²) in [6, 6.07) is 5.14. The number of unbranched alkanes of at least 4 members (excludes halogenated alkanes) is 1. The Kier molecular flexibility index (Phi) is 7.05. The molecule has 1 rings (SSSR count). The molecule has 4 heteroatoms. The van der Waals surface area contributed by atoms with Crippen LogP contribution in [0.4, 0.5) is 0 Å². The van der Waals surface area contributed by atoms with Crippen molar-refractivity contribution in [3.63, 3.8) is 0 Å². The third kappa shape index (κ3) is 4.85. The molecular weight excluding hydrogens is 254 g/mol. The van der Waals surface area contributed by atoms with Crippen LogP contribution in [0, 0.1) is 12.3 Å². The molecule has 1 amide bonds. The lowest BCUT2D eigenvalue weighted by Gasteiger charge is -2.13. The molecule has 0 atom stereocenters. The van der Waals surface area contributed by atoms with E-state index in [1.807, 2.05) is 6.92 Å². The van der Waals surface area contributed by atoms with Crippen molar-refractivity contribution in [3.05, 3.63) is 23.8 Å². The van der Waals surface area contributed by atoms with Crippen LogP contribution in [0.15, 0.2) is 18.2 Å². The molecule has 0 spiro atoms. The van der Waals surface area contributed by atoms with Gasteiger partial charge in [0, 0.05) is 5.56 Å². The van der Waals surface area contributed by atoms with Crippen molar-refractivity contribution in [2.75, 3.05) is 19.8 Å². The summed E-state index contributed by atoms with van der Waals surface area (Å²) in [4.78, 5) is 11.8. The van der Waals surface area contributed by atoms with Crippen LogP contribution < -0.4 is 14.8 Å². The molecule has 0 saturated carbocycles. The number of rotatable bonds is 8. The molecule has 20 heavy (non-hydrogen) atoms. The number of carbonyl (C=O) groups excluding carboxylic acids is 1. The molecule has 1 N–H and O–H groups in total. The van der Waals surface area contributed by atoms with E-state index in [4.69, 9.17) is 15.9 Å². The van der Waals surface area contributed by atoms with E-state index >= 15 is 0 Å². The highest BCUT2D eigenvalue weighted by molar-refractivity contribution is 5.95. The molecule has 0 radical (unpaired) electrons. The zero-order chi connectivity index (χ0) is 14.8. The Bertz CT molecular complexity index is 477. The molecule has 0 fully saturated rings. The average Bonchev–Trinajstić information content (AvgIpc) is 2.46. The van der Waals surface area contributed by atoms with E-state index in [1.54, 1.807) is 18.2 Å². The van der Waals surface area contributed by atoms with Crippen LogP contribution in [0.25, 0.3) is 0 Å². The van der Waals surface area contributed by atoms with Gasteiger partial charge in [-0.3, -0.25) is 4.79 Å². The molecular formula is C16H21NO3. The van der Waals surface area contributed by atoms with E-state index in [9.17, 15) is 4.79 Å². The zero-order valence-corrected chi connectivity index (χ0v) is 12.1. The standard InChI is InChI=1S/C16H21NO3/c1-4-7-11-20-14-9-8-13(12-15(14)19-6-3)16(18)17-10-5-2/h2,8-9,12H,4,6-7,10-11H2,1,3H3,(H,17,18). The molecule has 0 heterocycles. The Morgan fingerprint density at radius 1 is 1.30 bits per heavy atom. The van der Waals surface area contributed by atoms with Gasteiger partial charge >= 0.3 is 0 Å². The van der Waals surface area contributed by atoms with Crippen molar-refractivity contribution >= 4 is 5.91 Å². The van der Waals surface area contributed by atoms with Crippen molar-refractivity contribution in [3.8, 4) is 23.8 Å². The van der Waals surface area contributed by atoms with Crippen LogP contribution in [0.2, 0.25) is 0 Å². The van der Waals surface area contributed by atoms with E-state index in [0.29, 0.717) is 30.3 Å². The molecule has 1 aromatic rings. The third-order valence-electron chi connectivity index (χ3n) is 2.61. The lowest BCUT2D eigenvalue weighted by Crippen LogP contribution is -2.23. The van der Waals surface area contributed by atoms with Crippen LogP contribution in [0.3, 0.4) is 0 Å². The minimum atomic E-state index is -0.219. The predicted octanol–water partition coefficient (Wildman–Crippen LogP) is 2.63. The summed E-state index contributed by atoms with van der Waals surface area (Å²) < 4.78 is 11.2. The van der Waals surface area contributed by atoms with Gasteiger partial charge in [0.25, 0.3) is 5.91 Å². The summed E-state index contributed by atoms with van der Waals surface area (Å²) in [5, 5.41) is 2.62. The van der Waals surface area contributed by atoms with Crippen molar-refractivity contribution in [2.24, 2.45) is 0 Å². The van der Waals surface area contributed by atoms with Gasteiger partial charge in [-0.2, -0.15) is 0 Å².